The van der Waals surface area contributed by atoms with Gasteiger partial charge in [0, 0.05) is 68.6 Å². The van der Waals surface area contributed by atoms with Crippen molar-refractivity contribution in [3.8, 4) is 5.75 Å². The second-order valence-electron chi connectivity index (χ2n) is 10.5. The highest BCUT2D eigenvalue weighted by Crippen LogP contribution is 2.38. The van der Waals surface area contributed by atoms with E-state index in [0.29, 0.717) is 6.42 Å². The van der Waals surface area contributed by atoms with Gasteiger partial charge in [0.25, 0.3) is 0 Å². The predicted octanol–water partition coefficient (Wildman–Crippen LogP) is 4.52. The van der Waals surface area contributed by atoms with E-state index in [1.165, 1.54) is 0 Å². The Labute approximate surface area is 224 Å². The lowest BCUT2D eigenvalue weighted by Gasteiger charge is -2.40. The fourth-order valence-electron chi connectivity index (χ4n) is 5.90. The topological polar surface area (TPSA) is 61.3 Å². The molecule has 6 rings (SSSR count). The molecular formula is C31H35N5O2. The molecule has 0 N–H and O–H groups in total. The molecule has 1 saturated heterocycles. The molecule has 0 spiro atoms. The van der Waals surface area contributed by atoms with Crippen molar-refractivity contribution in [2.24, 2.45) is 4.99 Å². The van der Waals surface area contributed by atoms with Gasteiger partial charge in [0.2, 0.25) is 5.72 Å². The van der Waals surface area contributed by atoms with Gasteiger partial charge in [-0.3, -0.25) is 14.7 Å². The zero-order valence-corrected chi connectivity index (χ0v) is 22.1. The van der Waals surface area contributed by atoms with Gasteiger partial charge in [0.15, 0.2) is 5.78 Å². The molecule has 3 aliphatic rings. The minimum atomic E-state index is -0.708. The van der Waals surface area contributed by atoms with E-state index in [1.54, 1.807) is 0 Å². The Morgan fingerprint density at radius 3 is 2.47 bits per heavy atom. The highest BCUT2D eigenvalue weighted by Gasteiger charge is 2.37. The summed E-state index contributed by atoms with van der Waals surface area (Å²) < 4.78 is 7.01. The van der Waals surface area contributed by atoms with Gasteiger partial charge in [-0.25, -0.2) is 4.98 Å². The first-order valence-electron chi connectivity index (χ1n) is 13.7. The predicted molar refractivity (Wildman–Crippen MR) is 150 cm³/mol. The molecule has 7 nitrogen and oxygen atoms in total. The Hall–Kier alpha value is -3.71. The lowest BCUT2D eigenvalue weighted by Crippen LogP contribution is -2.48. The molecule has 0 radical (unpaired) electrons. The van der Waals surface area contributed by atoms with Crippen LogP contribution in [0.3, 0.4) is 0 Å². The van der Waals surface area contributed by atoms with E-state index in [1.807, 2.05) is 42.9 Å². The van der Waals surface area contributed by atoms with E-state index >= 15 is 0 Å². The third kappa shape index (κ3) is 4.78. The number of ether oxygens (including phenoxy) is 1. The number of hydrogen-bond acceptors (Lipinski definition) is 7. The van der Waals surface area contributed by atoms with Gasteiger partial charge in [0.1, 0.15) is 11.6 Å². The number of aliphatic imine (C=N–C) groups is 1. The minimum absolute atomic E-state index is 0.247. The molecule has 2 aromatic carbocycles. The Morgan fingerprint density at radius 1 is 0.921 bits per heavy atom. The fraction of sp³-hybridized carbons (Fsp3) is 0.387. The van der Waals surface area contributed by atoms with Gasteiger partial charge in [-0.15, -0.1) is 0 Å². The SMILES string of the molecule is C[C@](Oc1ccc2c(c1CN1CCN(c3ccccn3)CC1)CCCC2=O)(c1ccccc1)N1C=NCC1. The first-order chi connectivity index (χ1) is 18.6. The van der Waals surface area contributed by atoms with Crippen molar-refractivity contribution in [3.05, 3.63) is 89.1 Å². The van der Waals surface area contributed by atoms with E-state index in [9.17, 15) is 4.79 Å². The van der Waals surface area contributed by atoms with Gasteiger partial charge in [-0.05, 0) is 49.6 Å². The number of anilines is 1. The lowest BCUT2D eigenvalue weighted by molar-refractivity contribution is -0.0264. The van der Waals surface area contributed by atoms with Crippen molar-refractivity contribution in [2.45, 2.75) is 38.5 Å². The van der Waals surface area contributed by atoms with Crippen LogP contribution in [0.15, 0.2) is 71.9 Å². The first-order valence-corrected chi connectivity index (χ1v) is 13.7. The molecule has 3 aromatic rings. The maximum Gasteiger partial charge on any atom is 0.207 e. The molecule has 1 aliphatic carbocycles. The summed E-state index contributed by atoms with van der Waals surface area (Å²) in [4.78, 5) is 28.9. The number of nitrogens with zero attached hydrogens (tertiary/aromatic N) is 5. The molecule has 3 heterocycles. The van der Waals surface area contributed by atoms with Gasteiger partial charge < -0.3 is 14.5 Å². The monoisotopic (exact) mass is 509 g/mol. The van der Waals surface area contributed by atoms with Crippen LogP contribution >= 0.6 is 0 Å². The number of pyridine rings is 1. The summed E-state index contributed by atoms with van der Waals surface area (Å²) in [5.74, 6) is 2.14. The standard InChI is InChI=1S/C31H35N5O2/c1-31(36-17-16-32-23-36,24-8-3-2-4-9-24)38-29-14-13-26-25(10-7-11-28(26)37)27(29)22-34-18-20-35(21-19-34)30-12-5-6-15-33-30/h2-6,8-9,12-15,23H,7,10-11,16-22H2,1H3/t31-/m0/s1. The van der Waals surface area contributed by atoms with Gasteiger partial charge in [-0.1, -0.05) is 36.4 Å². The Balaban J connectivity index is 1.31. The lowest BCUT2D eigenvalue weighted by atomic mass is 9.86. The second-order valence-corrected chi connectivity index (χ2v) is 10.5. The van der Waals surface area contributed by atoms with Crippen molar-refractivity contribution in [2.75, 3.05) is 44.2 Å². The summed E-state index contributed by atoms with van der Waals surface area (Å²) in [6.07, 6.45) is 6.19. The molecule has 0 unspecified atom stereocenters. The molecule has 38 heavy (non-hydrogen) atoms. The number of hydrogen-bond donors (Lipinski definition) is 0. The van der Waals surface area contributed by atoms with E-state index in [4.69, 9.17) is 4.74 Å². The average Bonchev–Trinajstić information content (AvgIpc) is 3.52. The summed E-state index contributed by atoms with van der Waals surface area (Å²) in [5.41, 5.74) is 3.56. The Kier molecular flexibility index (Phi) is 6.85. The number of fused-ring (bicyclic) bond motifs is 1. The van der Waals surface area contributed by atoms with Crippen LogP contribution in [0.25, 0.3) is 0 Å². The van der Waals surface area contributed by atoms with Crippen molar-refractivity contribution in [1.82, 2.24) is 14.8 Å². The number of benzene rings is 2. The van der Waals surface area contributed by atoms with Gasteiger partial charge >= 0.3 is 0 Å². The summed E-state index contributed by atoms with van der Waals surface area (Å²) in [5, 5.41) is 0. The molecule has 0 saturated carbocycles. The number of Topliss-reactive ketones (excluding diaryl/α,β-unsaturated/α-hetero) is 1. The van der Waals surface area contributed by atoms with Crippen LogP contribution in [0.4, 0.5) is 5.82 Å². The third-order valence-electron chi connectivity index (χ3n) is 8.10. The van der Waals surface area contributed by atoms with Crippen LogP contribution in [-0.2, 0) is 18.7 Å². The molecule has 2 aliphatic heterocycles. The molecule has 1 fully saturated rings. The number of piperazine rings is 1. The van der Waals surface area contributed by atoms with Crippen LogP contribution in [0.2, 0.25) is 0 Å². The molecular weight excluding hydrogens is 474 g/mol. The maximum absolute atomic E-state index is 12.9. The first kappa shape index (κ1) is 24.6. The Morgan fingerprint density at radius 2 is 1.74 bits per heavy atom. The van der Waals surface area contributed by atoms with Crippen LogP contribution in [0, 0.1) is 0 Å². The number of rotatable bonds is 7. The summed E-state index contributed by atoms with van der Waals surface area (Å²) in [7, 11) is 0. The van der Waals surface area contributed by atoms with Crippen molar-refractivity contribution < 1.29 is 9.53 Å². The van der Waals surface area contributed by atoms with Crippen molar-refractivity contribution >= 4 is 17.9 Å². The summed E-state index contributed by atoms with van der Waals surface area (Å²) in [6, 6.07) is 20.5. The molecule has 0 bridgehead atoms. The van der Waals surface area contributed by atoms with Crippen LogP contribution in [0.5, 0.6) is 5.75 Å². The maximum atomic E-state index is 12.9. The van der Waals surface area contributed by atoms with Crippen molar-refractivity contribution in [1.29, 1.82) is 0 Å². The van der Waals surface area contributed by atoms with E-state index in [-0.39, 0.29) is 5.78 Å². The number of ketones is 1. The highest BCUT2D eigenvalue weighted by molar-refractivity contribution is 5.99. The largest absolute Gasteiger partial charge is 0.464 e. The smallest absolute Gasteiger partial charge is 0.207 e. The number of carbonyl (C=O) groups is 1. The quantitative estimate of drug-likeness (QED) is 0.467. The van der Waals surface area contributed by atoms with Crippen molar-refractivity contribution in [3.63, 3.8) is 0 Å². The minimum Gasteiger partial charge on any atom is -0.464 e. The van der Waals surface area contributed by atoms with Gasteiger partial charge in [-0.2, -0.15) is 0 Å². The van der Waals surface area contributed by atoms with Crippen LogP contribution in [0.1, 0.15) is 46.8 Å². The molecule has 7 heteroatoms. The third-order valence-corrected chi connectivity index (χ3v) is 8.10. The molecule has 1 atom stereocenters. The normalized spacial score (nSPS) is 19.3. The summed E-state index contributed by atoms with van der Waals surface area (Å²) in [6.45, 7) is 8.17. The zero-order chi connectivity index (χ0) is 26.0. The zero-order valence-electron chi connectivity index (χ0n) is 22.1. The number of aromatic nitrogens is 1. The Bertz CT molecular complexity index is 1300. The second kappa shape index (κ2) is 10.6. The molecule has 0 amide bonds. The fourth-order valence-corrected chi connectivity index (χ4v) is 5.90. The van der Waals surface area contributed by atoms with E-state index in [2.05, 4.69) is 61.9 Å². The number of carbonyl (C=O) groups excluding carboxylic acids is 1. The van der Waals surface area contributed by atoms with E-state index in [0.717, 1.165) is 92.5 Å². The van der Waals surface area contributed by atoms with Crippen LogP contribution < -0.4 is 9.64 Å². The van der Waals surface area contributed by atoms with E-state index < -0.39 is 5.72 Å². The summed E-state index contributed by atoms with van der Waals surface area (Å²) >= 11 is 0. The van der Waals surface area contributed by atoms with Gasteiger partial charge in [0.05, 0.1) is 12.9 Å². The molecule has 1 aromatic heterocycles. The molecule has 196 valence electrons. The highest BCUT2D eigenvalue weighted by atomic mass is 16.5. The van der Waals surface area contributed by atoms with Crippen LogP contribution in [-0.4, -0.2) is 66.2 Å². The average molecular weight is 510 g/mol.